The van der Waals surface area contributed by atoms with Gasteiger partial charge in [0.1, 0.15) is 0 Å². The van der Waals surface area contributed by atoms with Crippen molar-refractivity contribution in [3.05, 3.63) is 41.7 Å². The van der Waals surface area contributed by atoms with Gasteiger partial charge in [0.2, 0.25) is 5.95 Å². The summed E-state index contributed by atoms with van der Waals surface area (Å²) >= 11 is 0. The number of carboxylic acid groups (broad SMARTS) is 1. The van der Waals surface area contributed by atoms with E-state index in [2.05, 4.69) is 51.2 Å². The first kappa shape index (κ1) is 16.4. The lowest BCUT2D eigenvalue weighted by atomic mass is 10.0. The van der Waals surface area contributed by atoms with Crippen LogP contribution in [0.5, 0.6) is 0 Å². The number of aromatic nitrogens is 3. The summed E-state index contributed by atoms with van der Waals surface area (Å²) in [4.78, 5) is 19.6. The molecule has 0 spiro atoms. The van der Waals surface area contributed by atoms with Crippen LogP contribution >= 0.6 is 0 Å². The molecule has 24 heavy (non-hydrogen) atoms. The fourth-order valence-electron chi connectivity index (χ4n) is 3.25. The molecule has 0 amide bonds. The summed E-state index contributed by atoms with van der Waals surface area (Å²) in [6.07, 6.45) is 2.05. The van der Waals surface area contributed by atoms with Gasteiger partial charge in [0.05, 0.1) is 0 Å². The van der Waals surface area contributed by atoms with Crippen molar-refractivity contribution in [2.45, 2.75) is 25.4 Å². The van der Waals surface area contributed by atoms with Crippen LogP contribution in [0, 0.1) is 0 Å². The van der Waals surface area contributed by atoms with E-state index in [9.17, 15) is 4.79 Å². The number of benzene rings is 1. The third-order valence-electron chi connectivity index (χ3n) is 4.58. The highest BCUT2D eigenvalue weighted by atomic mass is 16.4. The summed E-state index contributed by atoms with van der Waals surface area (Å²) in [7, 11) is 3.90. The van der Waals surface area contributed by atoms with Crippen LogP contribution in [0.3, 0.4) is 0 Å². The number of rotatable bonds is 5. The second kappa shape index (κ2) is 7.00. The van der Waals surface area contributed by atoms with Gasteiger partial charge in [-0.2, -0.15) is 4.98 Å². The molecule has 1 aromatic heterocycles. The normalized spacial score (nSPS) is 15.9. The molecule has 1 aliphatic rings. The van der Waals surface area contributed by atoms with Crippen molar-refractivity contribution in [3.8, 4) is 0 Å². The lowest BCUT2D eigenvalue weighted by Crippen LogP contribution is -2.43. The lowest BCUT2D eigenvalue weighted by Gasteiger charge is -2.37. The summed E-state index contributed by atoms with van der Waals surface area (Å²) < 4.78 is 1.55. The van der Waals surface area contributed by atoms with Crippen LogP contribution in [-0.2, 0) is 13.6 Å². The van der Waals surface area contributed by atoms with Crippen molar-refractivity contribution in [3.63, 3.8) is 0 Å². The smallest absolute Gasteiger partial charge is 0.375 e. The zero-order valence-electron chi connectivity index (χ0n) is 14.1. The minimum Gasteiger partial charge on any atom is -0.475 e. The van der Waals surface area contributed by atoms with Gasteiger partial charge >= 0.3 is 5.97 Å². The molecule has 2 aromatic rings. The van der Waals surface area contributed by atoms with Gasteiger partial charge in [-0.25, -0.2) is 9.48 Å². The van der Waals surface area contributed by atoms with Gasteiger partial charge in [0.25, 0.3) is 5.82 Å². The molecule has 7 nitrogen and oxygen atoms in total. The van der Waals surface area contributed by atoms with E-state index in [4.69, 9.17) is 5.11 Å². The molecule has 0 unspecified atom stereocenters. The van der Waals surface area contributed by atoms with Crippen LogP contribution in [0.1, 0.15) is 29.0 Å². The van der Waals surface area contributed by atoms with Gasteiger partial charge in [-0.3, -0.25) is 4.90 Å². The number of hydrogen-bond donors (Lipinski definition) is 1. The fourth-order valence-corrected chi connectivity index (χ4v) is 3.25. The van der Waals surface area contributed by atoms with Crippen molar-refractivity contribution in [2.24, 2.45) is 7.05 Å². The second-order valence-electron chi connectivity index (χ2n) is 6.28. The first-order chi connectivity index (χ1) is 11.5. The van der Waals surface area contributed by atoms with Crippen LogP contribution in [0.2, 0.25) is 0 Å². The van der Waals surface area contributed by atoms with Crippen molar-refractivity contribution in [1.29, 1.82) is 0 Å². The molecule has 1 aromatic carbocycles. The SMILES string of the molecule is CN(Cc1ccccc1)C1CCN(c2nc(C(=O)O)nn2C)CC1. The van der Waals surface area contributed by atoms with Crippen molar-refractivity contribution in [2.75, 3.05) is 25.0 Å². The molecular weight excluding hydrogens is 306 g/mol. The van der Waals surface area contributed by atoms with E-state index in [0.29, 0.717) is 12.0 Å². The molecule has 0 bridgehead atoms. The molecule has 1 saturated heterocycles. The third kappa shape index (κ3) is 3.56. The van der Waals surface area contributed by atoms with Gasteiger partial charge in [0.15, 0.2) is 0 Å². The topological polar surface area (TPSA) is 74.5 Å². The number of aryl methyl sites for hydroxylation is 1. The number of carbonyl (C=O) groups is 1. The molecule has 1 aliphatic heterocycles. The van der Waals surface area contributed by atoms with E-state index in [-0.39, 0.29) is 5.82 Å². The third-order valence-corrected chi connectivity index (χ3v) is 4.58. The molecule has 1 N–H and O–H groups in total. The molecule has 0 radical (unpaired) electrons. The molecule has 7 heteroatoms. The Morgan fingerprint density at radius 2 is 1.96 bits per heavy atom. The van der Waals surface area contributed by atoms with E-state index < -0.39 is 5.97 Å². The predicted octanol–water partition coefficient (Wildman–Crippen LogP) is 1.61. The monoisotopic (exact) mass is 329 g/mol. The number of piperidine rings is 1. The van der Waals surface area contributed by atoms with Crippen LogP contribution in [-0.4, -0.2) is 56.9 Å². The summed E-state index contributed by atoms with van der Waals surface area (Å²) in [6, 6.07) is 11.0. The molecule has 3 rings (SSSR count). The quantitative estimate of drug-likeness (QED) is 0.898. The van der Waals surface area contributed by atoms with E-state index >= 15 is 0 Å². The summed E-state index contributed by atoms with van der Waals surface area (Å²) in [5.41, 5.74) is 1.32. The Kier molecular flexibility index (Phi) is 4.80. The largest absolute Gasteiger partial charge is 0.475 e. The van der Waals surface area contributed by atoms with Gasteiger partial charge in [-0.05, 0) is 25.5 Å². The van der Waals surface area contributed by atoms with E-state index in [0.717, 1.165) is 32.5 Å². The first-order valence-electron chi connectivity index (χ1n) is 8.18. The molecule has 0 saturated carbocycles. The van der Waals surface area contributed by atoms with E-state index in [1.165, 1.54) is 5.56 Å². The fraction of sp³-hybridized carbons (Fsp3) is 0.471. The lowest BCUT2D eigenvalue weighted by molar-refractivity contribution is 0.0683. The highest BCUT2D eigenvalue weighted by Gasteiger charge is 2.26. The summed E-state index contributed by atoms with van der Waals surface area (Å²) in [5, 5.41) is 13.0. The van der Waals surface area contributed by atoms with Gasteiger partial charge in [-0.1, -0.05) is 30.3 Å². The highest BCUT2D eigenvalue weighted by Crippen LogP contribution is 2.21. The Balaban J connectivity index is 1.58. The van der Waals surface area contributed by atoms with Gasteiger partial charge in [-0.15, -0.1) is 5.10 Å². The van der Waals surface area contributed by atoms with Crippen LogP contribution in [0.25, 0.3) is 0 Å². The maximum absolute atomic E-state index is 11.0. The highest BCUT2D eigenvalue weighted by molar-refractivity contribution is 5.83. The average Bonchev–Trinajstić information content (AvgIpc) is 2.98. The number of carboxylic acids is 1. The number of anilines is 1. The number of nitrogens with zero attached hydrogens (tertiary/aromatic N) is 5. The predicted molar refractivity (Wildman–Crippen MR) is 91.1 cm³/mol. The van der Waals surface area contributed by atoms with Gasteiger partial charge < -0.3 is 10.0 Å². The zero-order chi connectivity index (χ0) is 17.1. The Morgan fingerprint density at radius 3 is 2.54 bits per heavy atom. The maximum atomic E-state index is 11.0. The number of aromatic carboxylic acids is 1. The zero-order valence-corrected chi connectivity index (χ0v) is 14.1. The molecule has 0 aliphatic carbocycles. The molecule has 2 heterocycles. The van der Waals surface area contributed by atoms with Crippen molar-refractivity contribution >= 4 is 11.9 Å². The molecule has 128 valence electrons. The Hall–Kier alpha value is -2.41. The number of hydrogen-bond acceptors (Lipinski definition) is 5. The average molecular weight is 329 g/mol. The molecular formula is C17H23N5O2. The summed E-state index contributed by atoms with van der Waals surface area (Å²) in [5.74, 6) is -0.596. The first-order valence-corrected chi connectivity index (χ1v) is 8.18. The standard InChI is InChI=1S/C17H23N5O2/c1-20(12-13-6-4-3-5-7-13)14-8-10-22(11-9-14)17-18-15(16(23)24)19-21(17)2/h3-7,14H,8-12H2,1-2H3,(H,23,24). The minimum atomic E-state index is -1.09. The minimum absolute atomic E-state index is 0.143. The Morgan fingerprint density at radius 1 is 1.29 bits per heavy atom. The maximum Gasteiger partial charge on any atom is 0.375 e. The second-order valence-corrected chi connectivity index (χ2v) is 6.28. The Labute approximate surface area is 141 Å². The van der Waals surface area contributed by atoms with E-state index in [1.54, 1.807) is 11.7 Å². The van der Waals surface area contributed by atoms with E-state index in [1.807, 2.05) is 6.07 Å². The van der Waals surface area contributed by atoms with Crippen LogP contribution in [0.15, 0.2) is 30.3 Å². The Bertz CT molecular complexity index is 692. The van der Waals surface area contributed by atoms with Crippen molar-refractivity contribution < 1.29 is 9.90 Å². The molecule has 0 atom stereocenters. The van der Waals surface area contributed by atoms with Crippen molar-refractivity contribution in [1.82, 2.24) is 19.7 Å². The van der Waals surface area contributed by atoms with Crippen LogP contribution < -0.4 is 4.90 Å². The summed E-state index contributed by atoms with van der Waals surface area (Å²) in [6.45, 7) is 2.66. The van der Waals surface area contributed by atoms with Gasteiger partial charge in [0, 0.05) is 32.7 Å². The molecule has 1 fully saturated rings. The van der Waals surface area contributed by atoms with Crippen LogP contribution in [0.4, 0.5) is 5.95 Å².